The highest BCUT2D eigenvalue weighted by Gasteiger charge is 2.39. The standard InChI is InChI=1S/C30H37NO9/c1-6-23(27(34)40-30(3,4)5)26(33)25(39-20(2)32)17-24(28(35)37-18-21-13-9-7-10-14-21)31-29(36)38-19-22-15-11-8-12-16-22/h7-16,23-25H,6,17-19H2,1-5H3,(H,31,36)/t23?,24-,25?/m0/s1. The van der Waals surface area contributed by atoms with Crippen molar-refractivity contribution >= 4 is 29.8 Å². The zero-order valence-corrected chi connectivity index (χ0v) is 23.5. The van der Waals surface area contributed by atoms with Crippen LogP contribution in [0.4, 0.5) is 4.79 Å². The zero-order valence-electron chi connectivity index (χ0n) is 23.5. The number of hydrogen-bond acceptors (Lipinski definition) is 9. The molecule has 2 aromatic carbocycles. The van der Waals surface area contributed by atoms with E-state index in [1.54, 1.807) is 76.2 Å². The molecule has 0 saturated heterocycles. The van der Waals surface area contributed by atoms with Gasteiger partial charge < -0.3 is 24.3 Å². The molecular formula is C30H37NO9. The van der Waals surface area contributed by atoms with Crippen LogP contribution in [-0.4, -0.2) is 47.5 Å². The summed E-state index contributed by atoms with van der Waals surface area (Å²) in [6.07, 6.45) is -2.90. The van der Waals surface area contributed by atoms with Gasteiger partial charge in [0.1, 0.15) is 30.8 Å². The van der Waals surface area contributed by atoms with Crippen LogP contribution in [0.3, 0.4) is 0 Å². The van der Waals surface area contributed by atoms with Crippen molar-refractivity contribution in [1.29, 1.82) is 0 Å². The number of nitrogens with one attached hydrogen (secondary N) is 1. The third-order valence-corrected chi connectivity index (χ3v) is 5.53. The normalized spacial score (nSPS) is 13.2. The monoisotopic (exact) mass is 555 g/mol. The Morgan fingerprint density at radius 2 is 1.32 bits per heavy atom. The van der Waals surface area contributed by atoms with Gasteiger partial charge in [0.2, 0.25) is 0 Å². The van der Waals surface area contributed by atoms with Gasteiger partial charge in [-0.25, -0.2) is 9.59 Å². The summed E-state index contributed by atoms with van der Waals surface area (Å²) in [7, 11) is 0. The lowest BCUT2D eigenvalue weighted by Crippen LogP contribution is -2.48. The highest BCUT2D eigenvalue weighted by molar-refractivity contribution is 6.02. The first-order chi connectivity index (χ1) is 18.9. The van der Waals surface area contributed by atoms with Crippen LogP contribution in [-0.2, 0) is 51.3 Å². The molecule has 216 valence electrons. The molecule has 1 amide bonds. The summed E-state index contributed by atoms with van der Waals surface area (Å²) in [6.45, 7) is 7.53. The van der Waals surface area contributed by atoms with Crippen molar-refractivity contribution in [1.82, 2.24) is 5.32 Å². The van der Waals surface area contributed by atoms with Gasteiger partial charge in [-0.15, -0.1) is 0 Å². The molecule has 10 heteroatoms. The number of ether oxygens (including phenoxy) is 4. The molecule has 0 spiro atoms. The fraction of sp³-hybridized carbons (Fsp3) is 0.433. The van der Waals surface area contributed by atoms with Crippen LogP contribution in [0.1, 0.15) is 58.6 Å². The minimum absolute atomic E-state index is 0.0681. The van der Waals surface area contributed by atoms with E-state index in [0.29, 0.717) is 5.56 Å². The Balaban J connectivity index is 2.24. The first-order valence-corrected chi connectivity index (χ1v) is 13.0. The molecule has 3 atom stereocenters. The minimum Gasteiger partial charge on any atom is -0.459 e. The first-order valence-electron chi connectivity index (χ1n) is 13.0. The minimum atomic E-state index is -1.54. The molecule has 0 aliphatic heterocycles. The molecule has 0 aliphatic carbocycles. The molecule has 0 saturated carbocycles. The van der Waals surface area contributed by atoms with E-state index in [4.69, 9.17) is 18.9 Å². The average molecular weight is 556 g/mol. The van der Waals surface area contributed by atoms with E-state index < -0.39 is 59.9 Å². The maximum absolute atomic E-state index is 13.4. The summed E-state index contributed by atoms with van der Waals surface area (Å²) in [5.41, 5.74) is 0.567. The van der Waals surface area contributed by atoms with Crippen molar-refractivity contribution < 1.29 is 42.9 Å². The summed E-state index contributed by atoms with van der Waals surface area (Å²) in [4.78, 5) is 63.7. The van der Waals surface area contributed by atoms with Crippen LogP contribution in [0.15, 0.2) is 60.7 Å². The summed E-state index contributed by atoms with van der Waals surface area (Å²) < 4.78 is 21.2. The largest absolute Gasteiger partial charge is 0.459 e. The van der Waals surface area contributed by atoms with Gasteiger partial charge in [-0.2, -0.15) is 0 Å². The van der Waals surface area contributed by atoms with Crippen molar-refractivity contribution in [3.63, 3.8) is 0 Å². The van der Waals surface area contributed by atoms with Crippen molar-refractivity contribution in [2.75, 3.05) is 0 Å². The molecule has 0 aliphatic rings. The highest BCUT2D eigenvalue weighted by Crippen LogP contribution is 2.20. The maximum Gasteiger partial charge on any atom is 0.408 e. The molecule has 0 fully saturated rings. The number of carbonyl (C=O) groups excluding carboxylic acids is 5. The molecule has 2 unspecified atom stereocenters. The second-order valence-electron chi connectivity index (χ2n) is 10.1. The Hall–Kier alpha value is -4.21. The molecule has 2 aromatic rings. The van der Waals surface area contributed by atoms with E-state index in [1.807, 2.05) is 12.1 Å². The number of esters is 3. The lowest BCUT2D eigenvalue weighted by Gasteiger charge is -2.27. The molecule has 1 N–H and O–H groups in total. The van der Waals surface area contributed by atoms with E-state index in [1.165, 1.54) is 0 Å². The predicted molar refractivity (Wildman–Crippen MR) is 145 cm³/mol. The van der Waals surface area contributed by atoms with Gasteiger partial charge in [0, 0.05) is 13.3 Å². The van der Waals surface area contributed by atoms with Crippen molar-refractivity contribution in [3.8, 4) is 0 Å². The summed E-state index contributed by atoms with van der Waals surface area (Å²) >= 11 is 0. The third kappa shape index (κ3) is 11.3. The molecule has 2 rings (SSSR count). The smallest absolute Gasteiger partial charge is 0.408 e. The first kappa shape index (κ1) is 32.0. The lowest BCUT2D eigenvalue weighted by atomic mass is 9.93. The van der Waals surface area contributed by atoms with Crippen LogP contribution in [0, 0.1) is 5.92 Å². The fourth-order valence-corrected chi connectivity index (χ4v) is 3.67. The molecule has 10 nitrogen and oxygen atoms in total. The number of amides is 1. The molecule has 40 heavy (non-hydrogen) atoms. The van der Waals surface area contributed by atoms with Gasteiger partial charge in [-0.1, -0.05) is 67.6 Å². The second-order valence-corrected chi connectivity index (χ2v) is 10.1. The Morgan fingerprint density at radius 3 is 1.80 bits per heavy atom. The summed E-state index contributed by atoms with van der Waals surface area (Å²) in [5, 5.41) is 2.41. The Bertz CT molecular complexity index is 1140. The quantitative estimate of drug-likeness (QED) is 0.218. The second kappa shape index (κ2) is 15.4. The molecule has 0 bridgehead atoms. The number of hydrogen-bond donors (Lipinski definition) is 1. The number of Topliss-reactive ketones (excluding diaryl/α,β-unsaturated/α-hetero) is 1. The predicted octanol–water partition coefficient (Wildman–Crippen LogP) is 4.28. The van der Waals surface area contributed by atoms with Crippen molar-refractivity contribution in [3.05, 3.63) is 71.8 Å². The van der Waals surface area contributed by atoms with Crippen LogP contribution in [0.5, 0.6) is 0 Å². The maximum atomic E-state index is 13.4. The van der Waals surface area contributed by atoms with Crippen molar-refractivity contribution in [2.45, 2.75) is 78.4 Å². The molecule has 0 heterocycles. The van der Waals surface area contributed by atoms with Crippen LogP contribution in [0.25, 0.3) is 0 Å². The van der Waals surface area contributed by atoms with Gasteiger partial charge in [0.15, 0.2) is 11.9 Å². The number of ketones is 1. The van der Waals surface area contributed by atoms with Crippen LogP contribution in [0.2, 0.25) is 0 Å². The summed E-state index contributed by atoms with van der Waals surface area (Å²) in [5.74, 6) is -4.48. The van der Waals surface area contributed by atoms with Crippen LogP contribution < -0.4 is 5.32 Å². The number of carbonyl (C=O) groups is 5. The van der Waals surface area contributed by atoms with E-state index in [0.717, 1.165) is 12.5 Å². The average Bonchev–Trinajstić information content (AvgIpc) is 2.90. The van der Waals surface area contributed by atoms with E-state index >= 15 is 0 Å². The Morgan fingerprint density at radius 1 is 0.800 bits per heavy atom. The van der Waals surface area contributed by atoms with Gasteiger partial charge in [-0.05, 0) is 38.3 Å². The van der Waals surface area contributed by atoms with E-state index in [9.17, 15) is 24.0 Å². The SMILES string of the molecule is CCC(C(=O)OC(C)(C)C)C(=O)C(C[C@H](NC(=O)OCc1ccccc1)C(=O)OCc1ccccc1)OC(C)=O. The van der Waals surface area contributed by atoms with Gasteiger partial charge >= 0.3 is 24.0 Å². The number of alkyl carbamates (subject to hydrolysis) is 1. The number of benzene rings is 2. The highest BCUT2D eigenvalue weighted by atomic mass is 16.6. The van der Waals surface area contributed by atoms with Gasteiger partial charge in [0.05, 0.1) is 0 Å². The Kier molecular flexibility index (Phi) is 12.3. The lowest BCUT2D eigenvalue weighted by molar-refractivity contribution is -0.168. The van der Waals surface area contributed by atoms with Gasteiger partial charge in [-0.3, -0.25) is 14.4 Å². The molecule has 0 radical (unpaired) electrons. The Labute approximate surface area is 234 Å². The fourth-order valence-electron chi connectivity index (χ4n) is 3.67. The van der Waals surface area contributed by atoms with Crippen LogP contribution >= 0.6 is 0 Å². The number of rotatable bonds is 13. The summed E-state index contributed by atoms with van der Waals surface area (Å²) in [6, 6.07) is 16.3. The topological polar surface area (TPSA) is 134 Å². The molecule has 0 aromatic heterocycles. The zero-order chi connectivity index (χ0) is 29.7. The third-order valence-electron chi connectivity index (χ3n) is 5.53. The van der Waals surface area contributed by atoms with E-state index in [-0.39, 0.29) is 19.6 Å². The van der Waals surface area contributed by atoms with Crippen molar-refractivity contribution in [2.24, 2.45) is 5.92 Å². The van der Waals surface area contributed by atoms with E-state index in [2.05, 4.69) is 5.32 Å². The van der Waals surface area contributed by atoms with Gasteiger partial charge in [0.25, 0.3) is 0 Å². The molecular weight excluding hydrogens is 518 g/mol.